The Hall–Kier alpha value is -0.490. The molecule has 168 valence electrons. The number of hydrogen-bond acceptors (Lipinski definition) is 0. The van der Waals surface area contributed by atoms with E-state index in [1.54, 1.807) is 0 Å². The van der Waals surface area contributed by atoms with Gasteiger partial charge in [-0.25, -0.2) is 0 Å². The maximum atomic E-state index is 7.37. The van der Waals surface area contributed by atoms with Gasteiger partial charge in [0.1, 0.15) is 0 Å². The van der Waals surface area contributed by atoms with E-state index in [1.165, 1.54) is 102 Å². The van der Waals surface area contributed by atoms with Gasteiger partial charge in [-0.05, 0) is 30.7 Å². The summed E-state index contributed by atoms with van der Waals surface area (Å²) in [6.45, 7) is 6.99. The van der Waals surface area contributed by atoms with Crippen LogP contribution in [0.3, 0.4) is 0 Å². The van der Waals surface area contributed by atoms with Crippen molar-refractivity contribution in [3.8, 4) is 0 Å². The fourth-order valence-corrected chi connectivity index (χ4v) is 4.88. The minimum absolute atomic E-state index is 0.0764. The van der Waals surface area contributed by atoms with Crippen LogP contribution in [0.15, 0.2) is 30.3 Å². The highest BCUT2D eigenvalue weighted by Gasteiger charge is 2.33. The predicted octanol–water partition coefficient (Wildman–Crippen LogP) is 10.1. The van der Waals surface area contributed by atoms with Crippen LogP contribution in [0.1, 0.15) is 129 Å². The van der Waals surface area contributed by atoms with Gasteiger partial charge >= 0.3 is 0 Å². The number of alkyl halides is 1. The van der Waals surface area contributed by atoms with Crippen LogP contribution in [0, 0.1) is 5.92 Å². The molecule has 0 saturated carbocycles. The van der Waals surface area contributed by atoms with Gasteiger partial charge < -0.3 is 0 Å². The topological polar surface area (TPSA) is 0 Å². The zero-order valence-electron chi connectivity index (χ0n) is 19.9. The molecule has 0 aromatic heterocycles. The highest BCUT2D eigenvalue weighted by molar-refractivity contribution is 6.24. The Morgan fingerprint density at radius 2 is 1.17 bits per heavy atom. The quantitative estimate of drug-likeness (QED) is 0.154. The number of rotatable bonds is 19. The minimum atomic E-state index is -0.0764. The molecule has 0 heterocycles. The Bertz CT molecular complexity index is 468. The molecule has 0 radical (unpaired) electrons. The Morgan fingerprint density at radius 3 is 1.72 bits per heavy atom. The minimum Gasteiger partial charge on any atom is -0.119 e. The molecule has 1 aromatic carbocycles. The van der Waals surface area contributed by atoms with Crippen LogP contribution in [-0.4, -0.2) is 4.87 Å². The molecule has 0 fully saturated rings. The lowest BCUT2D eigenvalue weighted by Gasteiger charge is -2.34. The molecule has 0 aliphatic rings. The Kier molecular flexibility index (Phi) is 15.8. The summed E-state index contributed by atoms with van der Waals surface area (Å²) < 4.78 is 0. The predicted molar refractivity (Wildman–Crippen MR) is 133 cm³/mol. The van der Waals surface area contributed by atoms with Gasteiger partial charge in [0.25, 0.3) is 0 Å². The van der Waals surface area contributed by atoms with Crippen molar-refractivity contribution in [1.82, 2.24) is 0 Å². The summed E-state index contributed by atoms with van der Waals surface area (Å²) in [6, 6.07) is 10.9. The van der Waals surface area contributed by atoms with Gasteiger partial charge in [0, 0.05) is 0 Å². The maximum Gasteiger partial charge on any atom is 0.0512 e. The SMILES string of the molecule is CCCCCCCCCCC(Cl)(Cc1ccccc1)C(C)CCCCCCCC. The second kappa shape index (κ2) is 17.2. The second-order valence-electron chi connectivity index (χ2n) is 9.38. The van der Waals surface area contributed by atoms with Crippen molar-refractivity contribution in [2.45, 2.75) is 135 Å². The smallest absolute Gasteiger partial charge is 0.0512 e. The van der Waals surface area contributed by atoms with Crippen LogP contribution >= 0.6 is 11.6 Å². The first kappa shape index (κ1) is 26.5. The molecular weight excluding hydrogens is 372 g/mol. The lowest BCUT2D eigenvalue weighted by Crippen LogP contribution is -2.33. The van der Waals surface area contributed by atoms with E-state index in [0.717, 1.165) is 12.8 Å². The van der Waals surface area contributed by atoms with E-state index in [-0.39, 0.29) is 4.87 Å². The summed E-state index contributed by atoms with van der Waals surface area (Å²) in [4.78, 5) is -0.0764. The molecule has 0 N–H and O–H groups in total. The third-order valence-corrected chi connectivity index (χ3v) is 7.36. The van der Waals surface area contributed by atoms with Crippen LogP contribution < -0.4 is 0 Å². The third-order valence-electron chi connectivity index (χ3n) is 6.66. The van der Waals surface area contributed by atoms with Crippen LogP contribution in [0.2, 0.25) is 0 Å². The molecule has 2 atom stereocenters. The van der Waals surface area contributed by atoms with Crippen LogP contribution in [0.5, 0.6) is 0 Å². The van der Waals surface area contributed by atoms with E-state index in [4.69, 9.17) is 11.6 Å². The van der Waals surface area contributed by atoms with Gasteiger partial charge in [0.2, 0.25) is 0 Å². The zero-order chi connectivity index (χ0) is 21.2. The van der Waals surface area contributed by atoms with Crippen molar-refractivity contribution in [3.05, 3.63) is 35.9 Å². The number of unbranched alkanes of at least 4 members (excludes halogenated alkanes) is 12. The van der Waals surface area contributed by atoms with Gasteiger partial charge in [0.05, 0.1) is 4.87 Å². The largest absolute Gasteiger partial charge is 0.119 e. The molecule has 0 nitrogen and oxygen atoms in total. The maximum absolute atomic E-state index is 7.37. The third kappa shape index (κ3) is 12.7. The molecule has 0 amide bonds. The summed E-state index contributed by atoms with van der Waals surface area (Å²) in [5.41, 5.74) is 1.40. The monoisotopic (exact) mass is 420 g/mol. The average Bonchev–Trinajstić information content (AvgIpc) is 2.73. The van der Waals surface area contributed by atoms with Crippen molar-refractivity contribution in [2.24, 2.45) is 5.92 Å². The van der Waals surface area contributed by atoms with Gasteiger partial charge in [-0.1, -0.05) is 141 Å². The molecule has 0 spiro atoms. The van der Waals surface area contributed by atoms with Gasteiger partial charge in [-0.15, -0.1) is 11.6 Å². The molecule has 1 heteroatoms. The Labute approximate surface area is 188 Å². The molecule has 0 saturated heterocycles. The summed E-state index contributed by atoms with van der Waals surface area (Å²) in [5.74, 6) is 0.583. The molecular formula is C28H49Cl. The first-order chi connectivity index (χ1) is 14.1. The van der Waals surface area contributed by atoms with Crippen molar-refractivity contribution in [3.63, 3.8) is 0 Å². The first-order valence-electron chi connectivity index (χ1n) is 12.8. The Morgan fingerprint density at radius 1 is 0.690 bits per heavy atom. The second-order valence-corrected chi connectivity index (χ2v) is 10.1. The highest BCUT2D eigenvalue weighted by Crippen LogP contribution is 2.38. The van der Waals surface area contributed by atoms with E-state index < -0.39 is 0 Å². The van der Waals surface area contributed by atoms with E-state index in [0.29, 0.717) is 5.92 Å². The molecule has 0 bridgehead atoms. The lowest BCUT2D eigenvalue weighted by molar-refractivity contribution is 0.327. The van der Waals surface area contributed by atoms with Crippen LogP contribution in [0.25, 0.3) is 0 Å². The first-order valence-corrected chi connectivity index (χ1v) is 13.2. The van der Waals surface area contributed by atoms with Crippen molar-refractivity contribution in [1.29, 1.82) is 0 Å². The number of halogens is 1. The van der Waals surface area contributed by atoms with E-state index in [2.05, 4.69) is 51.1 Å². The van der Waals surface area contributed by atoms with Crippen molar-refractivity contribution < 1.29 is 0 Å². The van der Waals surface area contributed by atoms with Crippen molar-refractivity contribution >= 4 is 11.6 Å². The molecule has 29 heavy (non-hydrogen) atoms. The normalized spacial score (nSPS) is 14.6. The van der Waals surface area contributed by atoms with E-state index in [1.807, 2.05) is 0 Å². The molecule has 2 unspecified atom stereocenters. The summed E-state index contributed by atoms with van der Waals surface area (Å²) in [5, 5.41) is 0. The summed E-state index contributed by atoms with van der Waals surface area (Å²) >= 11 is 7.37. The van der Waals surface area contributed by atoms with Crippen molar-refractivity contribution in [2.75, 3.05) is 0 Å². The highest BCUT2D eigenvalue weighted by atomic mass is 35.5. The van der Waals surface area contributed by atoms with Crippen LogP contribution in [-0.2, 0) is 6.42 Å². The molecule has 0 aliphatic heterocycles. The molecule has 1 rings (SSSR count). The fourth-order valence-electron chi connectivity index (χ4n) is 4.49. The summed E-state index contributed by atoms with van der Waals surface area (Å²) in [7, 11) is 0. The molecule has 1 aromatic rings. The fraction of sp³-hybridized carbons (Fsp3) is 0.786. The zero-order valence-corrected chi connectivity index (χ0v) is 20.6. The lowest BCUT2D eigenvalue weighted by atomic mass is 9.80. The average molecular weight is 421 g/mol. The standard InChI is InChI=1S/C28H49Cl/c1-4-6-8-10-12-13-15-20-24-28(29,25-27-22-18-16-19-23-27)26(3)21-17-14-11-9-7-5-2/h16,18-19,22-23,26H,4-15,17,20-21,24-25H2,1-3H3. The van der Waals surface area contributed by atoms with E-state index in [9.17, 15) is 0 Å². The summed E-state index contributed by atoms with van der Waals surface area (Å²) in [6.07, 6.45) is 22.7. The Balaban J connectivity index is 2.44. The molecule has 0 aliphatic carbocycles. The van der Waals surface area contributed by atoms with Crippen LogP contribution in [0.4, 0.5) is 0 Å². The van der Waals surface area contributed by atoms with Gasteiger partial charge in [-0.3, -0.25) is 0 Å². The number of hydrogen-bond donors (Lipinski definition) is 0. The number of benzene rings is 1. The van der Waals surface area contributed by atoms with E-state index >= 15 is 0 Å². The van der Waals surface area contributed by atoms with Gasteiger partial charge in [-0.2, -0.15) is 0 Å². The van der Waals surface area contributed by atoms with Gasteiger partial charge in [0.15, 0.2) is 0 Å².